The third-order valence-corrected chi connectivity index (χ3v) is 1.34. The summed E-state index contributed by atoms with van der Waals surface area (Å²) in [7, 11) is 0. The lowest BCUT2D eigenvalue weighted by Gasteiger charge is -2.02. The van der Waals surface area contributed by atoms with Crippen LogP contribution in [0.5, 0.6) is 0 Å². The van der Waals surface area contributed by atoms with Crippen molar-refractivity contribution in [3.8, 4) is 0 Å². The monoisotopic (exact) mass is 195 g/mol. The molecule has 70 valence electrons. The van der Waals surface area contributed by atoms with Crippen molar-refractivity contribution in [2.45, 2.75) is 0 Å². The average molecular weight is 195 g/mol. The Bertz CT molecular complexity index is 345. The molecule has 0 saturated heterocycles. The minimum absolute atomic E-state index is 1.27. The molecular weight excluding hydrogens is 193 g/mol. The van der Waals surface area contributed by atoms with Gasteiger partial charge in [-0.2, -0.15) is 0 Å². The first-order chi connectivity index (χ1) is 6.00. The van der Waals surface area contributed by atoms with Crippen LogP contribution < -0.4 is 0 Å². The molecule has 0 spiro atoms. The molecular formula is C7H2F5N. The van der Waals surface area contributed by atoms with E-state index in [1.165, 1.54) is 0 Å². The Kier molecular flexibility index (Phi) is 2.31. The molecule has 0 radical (unpaired) electrons. The fourth-order valence-corrected chi connectivity index (χ4v) is 0.732. The van der Waals surface area contributed by atoms with Gasteiger partial charge < -0.3 is 0 Å². The smallest absolute Gasteiger partial charge is 0.200 e. The number of aliphatic imine (C=N–C) groups is 1. The molecule has 0 aliphatic heterocycles. The van der Waals surface area contributed by atoms with Crippen LogP contribution in [0.25, 0.3) is 0 Å². The summed E-state index contributed by atoms with van der Waals surface area (Å²) in [4.78, 5) is 2.69. The molecule has 0 heterocycles. The summed E-state index contributed by atoms with van der Waals surface area (Å²) in [6.07, 6.45) is 0. The Morgan fingerprint density at radius 2 is 1.00 bits per heavy atom. The molecule has 0 aromatic heterocycles. The molecule has 0 amide bonds. The van der Waals surface area contributed by atoms with Gasteiger partial charge >= 0.3 is 0 Å². The highest BCUT2D eigenvalue weighted by atomic mass is 19.2. The Labute approximate surface area is 69.5 Å². The van der Waals surface area contributed by atoms with Crippen molar-refractivity contribution in [2.75, 3.05) is 0 Å². The summed E-state index contributed by atoms with van der Waals surface area (Å²) in [5.41, 5.74) is -1.27. The number of halogens is 5. The molecule has 1 aromatic rings. The molecule has 13 heavy (non-hydrogen) atoms. The largest absolute Gasteiger partial charge is 0.258 e. The molecule has 0 bridgehead atoms. The molecule has 0 fully saturated rings. The number of rotatable bonds is 1. The predicted molar refractivity (Wildman–Crippen MR) is 35.4 cm³/mol. The molecule has 0 saturated carbocycles. The highest BCUT2D eigenvalue weighted by molar-refractivity contribution is 5.48. The second-order valence-corrected chi connectivity index (χ2v) is 2.08. The van der Waals surface area contributed by atoms with Gasteiger partial charge in [0.1, 0.15) is 5.69 Å². The zero-order chi connectivity index (χ0) is 10.2. The second kappa shape index (κ2) is 3.12. The van der Waals surface area contributed by atoms with Crippen LogP contribution >= 0.6 is 0 Å². The molecule has 1 aromatic carbocycles. The molecule has 0 aliphatic rings. The topological polar surface area (TPSA) is 12.4 Å². The number of hydrogen-bond donors (Lipinski definition) is 0. The van der Waals surface area contributed by atoms with E-state index < -0.39 is 34.8 Å². The van der Waals surface area contributed by atoms with Gasteiger partial charge in [-0.05, 0) is 6.72 Å². The van der Waals surface area contributed by atoms with Gasteiger partial charge in [0.05, 0.1) is 0 Å². The summed E-state index contributed by atoms with van der Waals surface area (Å²) in [6.45, 7) is 2.68. The molecule has 1 nitrogen and oxygen atoms in total. The van der Waals surface area contributed by atoms with Crippen molar-refractivity contribution < 1.29 is 22.0 Å². The molecule has 0 aliphatic carbocycles. The van der Waals surface area contributed by atoms with Crippen molar-refractivity contribution >= 4 is 12.4 Å². The summed E-state index contributed by atoms with van der Waals surface area (Å²) in [5, 5.41) is 0. The molecule has 0 unspecified atom stereocenters. The maximum atomic E-state index is 12.5. The predicted octanol–water partition coefficient (Wildman–Crippen LogP) is 2.71. The number of hydrogen-bond acceptors (Lipinski definition) is 1. The first-order valence-electron chi connectivity index (χ1n) is 2.98. The van der Waals surface area contributed by atoms with E-state index >= 15 is 0 Å². The van der Waals surface area contributed by atoms with E-state index in [1.807, 2.05) is 0 Å². The lowest BCUT2D eigenvalue weighted by Crippen LogP contribution is -2.00. The van der Waals surface area contributed by atoms with E-state index in [4.69, 9.17) is 0 Å². The minimum Gasteiger partial charge on any atom is -0.258 e. The summed E-state index contributed by atoms with van der Waals surface area (Å²) in [6, 6.07) is 0. The van der Waals surface area contributed by atoms with Crippen LogP contribution in [0.15, 0.2) is 4.99 Å². The first-order valence-corrected chi connectivity index (χ1v) is 2.98. The molecule has 0 N–H and O–H groups in total. The van der Waals surface area contributed by atoms with Crippen molar-refractivity contribution in [3.63, 3.8) is 0 Å². The van der Waals surface area contributed by atoms with Crippen LogP contribution in [-0.2, 0) is 0 Å². The first kappa shape index (κ1) is 9.63. The van der Waals surface area contributed by atoms with Gasteiger partial charge in [0.2, 0.25) is 5.82 Å². The maximum Gasteiger partial charge on any atom is 0.200 e. The zero-order valence-electron chi connectivity index (χ0n) is 6.04. The summed E-state index contributed by atoms with van der Waals surface area (Å²) in [5.74, 6) is -10.2. The van der Waals surface area contributed by atoms with Gasteiger partial charge in [-0.15, -0.1) is 0 Å². The van der Waals surface area contributed by atoms with Gasteiger partial charge in [0.15, 0.2) is 23.3 Å². The third kappa shape index (κ3) is 1.28. The fraction of sp³-hybridized carbons (Fsp3) is 0. The van der Waals surface area contributed by atoms with Crippen molar-refractivity contribution in [1.82, 2.24) is 0 Å². The van der Waals surface area contributed by atoms with E-state index in [0.29, 0.717) is 0 Å². The van der Waals surface area contributed by atoms with Gasteiger partial charge in [0, 0.05) is 0 Å². The van der Waals surface area contributed by atoms with E-state index in [1.54, 1.807) is 0 Å². The number of nitrogens with zero attached hydrogens (tertiary/aromatic N) is 1. The summed E-state index contributed by atoms with van der Waals surface area (Å²) >= 11 is 0. The van der Waals surface area contributed by atoms with E-state index in [2.05, 4.69) is 11.7 Å². The van der Waals surface area contributed by atoms with E-state index in [-0.39, 0.29) is 0 Å². The van der Waals surface area contributed by atoms with Crippen LogP contribution in [0, 0.1) is 29.1 Å². The molecule has 0 atom stereocenters. The Hall–Kier alpha value is -1.46. The molecule has 1 rings (SSSR count). The quantitative estimate of drug-likeness (QED) is 0.283. The van der Waals surface area contributed by atoms with Gasteiger partial charge in [0.25, 0.3) is 0 Å². The Balaban J connectivity index is 3.66. The highest BCUT2D eigenvalue weighted by Gasteiger charge is 2.24. The SMILES string of the molecule is C=Nc1c(F)c(F)c(F)c(F)c1F. The van der Waals surface area contributed by atoms with Crippen LogP contribution in [0.4, 0.5) is 27.6 Å². The zero-order valence-corrected chi connectivity index (χ0v) is 6.04. The molecule has 6 heteroatoms. The number of benzene rings is 1. The maximum absolute atomic E-state index is 12.5. The van der Waals surface area contributed by atoms with Crippen LogP contribution in [0.1, 0.15) is 0 Å². The van der Waals surface area contributed by atoms with Crippen molar-refractivity contribution in [1.29, 1.82) is 0 Å². The Morgan fingerprint density at radius 3 is 1.31 bits per heavy atom. The second-order valence-electron chi connectivity index (χ2n) is 2.08. The van der Waals surface area contributed by atoms with Crippen LogP contribution in [0.2, 0.25) is 0 Å². The normalized spacial score (nSPS) is 10.2. The van der Waals surface area contributed by atoms with E-state index in [9.17, 15) is 22.0 Å². The van der Waals surface area contributed by atoms with Gasteiger partial charge in [-0.1, -0.05) is 0 Å². The highest BCUT2D eigenvalue weighted by Crippen LogP contribution is 2.28. The third-order valence-electron chi connectivity index (χ3n) is 1.34. The lowest BCUT2D eigenvalue weighted by atomic mass is 10.2. The minimum atomic E-state index is -2.21. The van der Waals surface area contributed by atoms with Crippen molar-refractivity contribution in [2.24, 2.45) is 4.99 Å². The van der Waals surface area contributed by atoms with Crippen LogP contribution in [-0.4, -0.2) is 6.72 Å². The van der Waals surface area contributed by atoms with Crippen molar-refractivity contribution in [3.05, 3.63) is 29.1 Å². The van der Waals surface area contributed by atoms with E-state index in [0.717, 1.165) is 0 Å². The van der Waals surface area contributed by atoms with Crippen LogP contribution in [0.3, 0.4) is 0 Å². The van der Waals surface area contributed by atoms with Gasteiger partial charge in [-0.3, -0.25) is 4.99 Å². The fourth-order valence-electron chi connectivity index (χ4n) is 0.732. The summed E-state index contributed by atoms with van der Waals surface area (Å²) < 4.78 is 62.1. The lowest BCUT2D eigenvalue weighted by molar-refractivity contribution is 0.381. The standard InChI is InChI=1S/C7H2F5N/c1-13-7-5(11)3(9)2(8)4(10)6(7)12/h1H2. The average Bonchev–Trinajstić information content (AvgIpc) is 2.13. The van der Waals surface area contributed by atoms with Gasteiger partial charge in [-0.25, -0.2) is 22.0 Å². The Morgan fingerprint density at radius 1 is 0.692 bits per heavy atom.